The van der Waals surface area contributed by atoms with Gasteiger partial charge in [0, 0.05) is 5.56 Å². The Bertz CT molecular complexity index is 1030. The van der Waals surface area contributed by atoms with Gasteiger partial charge in [0.05, 0.1) is 12.2 Å². The molecular weight excluding hydrogens is 385 g/mol. The van der Waals surface area contributed by atoms with E-state index in [0.717, 1.165) is 24.0 Å². The number of aryl methyl sites for hydroxylation is 1. The molecule has 1 nitrogen and oxygen atoms in total. The molecule has 1 unspecified atom stereocenters. The van der Waals surface area contributed by atoms with Gasteiger partial charge in [-0.1, -0.05) is 86.2 Å². The Morgan fingerprint density at radius 1 is 0.967 bits per heavy atom. The third-order valence-electron chi connectivity index (χ3n) is 5.33. The van der Waals surface area contributed by atoms with Gasteiger partial charge in [-0.25, -0.2) is 13.2 Å². The lowest BCUT2D eigenvalue weighted by Gasteiger charge is -2.12. The molecule has 1 saturated heterocycles. The van der Waals surface area contributed by atoms with Crippen molar-refractivity contribution in [2.75, 3.05) is 6.61 Å². The lowest BCUT2D eigenvalue weighted by Crippen LogP contribution is -1.98. The minimum Gasteiger partial charge on any atom is -0.368 e. The van der Waals surface area contributed by atoms with Crippen LogP contribution in [0.2, 0.25) is 0 Å². The van der Waals surface area contributed by atoms with Crippen LogP contribution < -0.4 is 0 Å². The number of alkyl halides is 2. The van der Waals surface area contributed by atoms with Crippen molar-refractivity contribution in [1.82, 2.24) is 0 Å². The number of benzene rings is 3. The molecule has 4 heteroatoms. The Hall–Kier alpha value is -2.85. The normalized spacial score (nSPS) is 15.8. The Kier molecular flexibility index (Phi) is 6.05. The molecule has 0 saturated carbocycles. The Morgan fingerprint density at radius 3 is 2.27 bits per heavy atom. The summed E-state index contributed by atoms with van der Waals surface area (Å²) < 4.78 is 47.8. The lowest BCUT2D eigenvalue weighted by molar-refractivity contribution is 0.146. The van der Waals surface area contributed by atoms with Gasteiger partial charge in [-0.15, -0.1) is 0 Å². The predicted molar refractivity (Wildman–Crippen MR) is 115 cm³/mol. The zero-order chi connectivity index (χ0) is 21.1. The second kappa shape index (κ2) is 8.88. The van der Waals surface area contributed by atoms with Crippen molar-refractivity contribution >= 4 is 12.2 Å². The summed E-state index contributed by atoms with van der Waals surface area (Å²) in [6, 6.07) is 18.3. The van der Waals surface area contributed by atoms with Crippen LogP contribution in [0.25, 0.3) is 23.3 Å². The van der Waals surface area contributed by atoms with Crippen molar-refractivity contribution in [2.24, 2.45) is 0 Å². The number of ether oxygens (including phenoxy) is 1. The summed E-state index contributed by atoms with van der Waals surface area (Å²) >= 11 is 0. The molecule has 0 amide bonds. The lowest BCUT2D eigenvalue weighted by atomic mass is 9.96. The topological polar surface area (TPSA) is 12.5 Å². The molecule has 4 rings (SSSR count). The molecule has 3 aromatic rings. The maximum Gasteiger partial charge on any atom is 0.267 e. The van der Waals surface area contributed by atoms with Crippen LogP contribution >= 0.6 is 0 Å². The van der Waals surface area contributed by atoms with Gasteiger partial charge < -0.3 is 4.74 Å². The van der Waals surface area contributed by atoms with Crippen LogP contribution in [0.5, 0.6) is 0 Å². The summed E-state index contributed by atoms with van der Waals surface area (Å²) in [6.07, 6.45) is 2.55. The highest BCUT2D eigenvalue weighted by Gasteiger charge is 2.25. The molecule has 0 bridgehead atoms. The van der Waals surface area contributed by atoms with Crippen molar-refractivity contribution in [1.29, 1.82) is 0 Å². The van der Waals surface area contributed by atoms with Gasteiger partial charge in [0.25, 0.3) is 6.43 Å². The van der Waals surface area contributed by atoms with Gasteiger partial charge in [-0.2, -0.15) is 0 Å². The minimum absolute atomic E-state index is 0.101. The molecule has 0 aliphatic carbocycles. The number of epoxide rings is 1. The first kappa shape index (κ1) is 20.4. The van der Waals surface area contributed by atoms with Crippen molar-refractivity contribution in [2.45, 2.75) is 32.3 Å². The van der Waals surface area contributed by atoms with Crippen LogP contribution in [0, 0.1) is 5.82 Å². The maximum atomic E-state index is 15.1. The molecule has 3 aromatic carbocycles. The van der Waals surface area contributed by atoms with Crippen LogP contribution in [0.3, 0.4) is 0 Å². The fraction of sp³-hybridized carbons (Fsp3) is 0.231. The molecule has 1 atom stereocenters. The van der Waals surface area contributed by atoms with Crippen LogP contribution in [-0.4, -0.2) is 6.61 Å². The third kappa shape index (κ3) is 4.49. The van der Waals surface area contributed by atoms with E-state index in [-0.39, 0.29) is 17.2 Å². The average Bonchev–Trinajstić information content (AvgIpc) is 3.59. The predicted octanol–water partition coefficient (Wildman–Crippen LogP) is 7.62. The van der Waals surface area contributed by atoms with E-state index in [4.69, 9.17) is 4.74 Å². The smallest absolute Gasteiger partial charge is 0.267 e. The van der Waals surface area contributed by atoms with E-state index in [2.05, 4.69) is 6.92 Å². The van der Waals surface area contributed by atoms with Gasteiger partial charge in [0.15, 0.2) is 0 Å². The zero-order valence-corrected chi connectivity index (χ0v) is 16.7. The first-order chi connectivity index (χ1) is 14.6. The largest absolute Gasteiger partial charge is 0.368 e. The zero-order valence-electron chi connectivity index (χ0n) is 16.7. The van der Waals surface area contributed by atoms with E-state index in [1.165, 1.54) is 5.56 Å². The summed E-state index contributed by atoms with van der Waals surface area (Å²) in [5, 5.41) is 0. The average molecular weight is 408 g/mol. The van der Waals surface area contributed by atoms with Crippen LogP contribution in [0.15, 0.2) is 60.7 Å². The van der Waals surface area contributed by atoms with Crippen molar-refractivity contribution in [3.63, 3.8) is 0 Å². The standard InChI is InChI=1S/C26H23F3O/c1-2-3-17-4-6-18(7-5-17)8-9-21-14-15-22(25(27)24(21)26(28)29)19-10-12-20(13-11-19)23-16-30-23/h4-15,23,26H,2-3,16H2,1H3/b9-8+. The van der Waals surface area contributed by atoms with E-state index in [9.17, 15) is 8.78 Å². The molecule has 1 aliphatic rings. The first-order valence-electron chi connectivity index (χ1n) is 10.2. The summed E-state index contributed by atoms with van der Waals surface area (Å²) in [4.78, 5) is 0. The monoisotopic (exact) mass is 408 g/mol. The molecular formula is C26H23F3O. The fourth-order valence-corrected chi connectivity index (χ4v) is 3.59. The van der Waals surface area contributed by atoms with E-state index >= 15 is 4.39 Å². The molecule has 154 valence electrons. The molecule has 1 aliphatic heterocycles. The fourth-order valence-electron chi connectivity index (χ4n) is 3.59. The van der Waals surface area contributed by atoms with E-state index in [0.29, 0.717) is 12.2 Å². The maximum absolute atomic E-state index is 15.1. The number of halogens is 3. The molecule has 1 heterocycles. The van der Waals surface area contributed by atoms with Gasteiger partial charge in [0.2, 0.25) is 0 Å². The van der Waals surface area contributed by atoms with Crippen LogP contribution in [0.1, 0.15) is 53.7 Å². The van der Waals surface area contributed by atoms with Gasteiger partial charge in [-0.3, -0.25) is 0 Å². The van der Waals surface area contributed by atoms with Crippen molar-refractivity contribution < 1.29 is 17.9 Å². The number of rotatable bonds is 7. The molecule has 0 radical (unpaired) electrons. The summed E-state index contributed by atoms with van der Waals surface area (Å²) in [6.45, 7) is 2.80. The summed E-state index contributed by atoms with van der Waals surface area (Å²) in [7, 11) is 0. The number of hydrogen-bond acceptors (Lipinski definition) is 1. The molecule has 1 fully saturated rings. The van der Waals surface area contributed by atoms with Gasteiger partial charge in [0.1, 0.15) is 11.9 Å². The van der Waals surface area contributed by atoms with E-state index < -0.39 is 17.8 Å². The highest BCUT2D eigenvalue weighted by atomic mass is 19.3. The highest BCUT2D eigenvalue weighted by molar-refractivity contribution is 5.75. The Morgan fingerprint density at radius 2 is 1.67 bits per heavy atom. The molecule has 0 aromatic heterocycles. The second-order valence-electron chi connectivity index (χ2n) is 7.50. The third-order valence-corrected chi connectivity index (χ3v) is 5.33. The Balaban J connectivity index is 1.62. The molecule has 0 N–H and O–H groups in total. The molecule has 0 spiro atoms. The SMILES string of the molecule is CCCc1ccc(/C=C/c2ccc(-c3ccc(C4CO4)cc3)c(F)c2C(F)F)cc1. The Labute approximate surface area is 174 Å². The summed E-state index contributed by atoms with van der Waals surface area (Å²) in [5.74, 6) is -0.874. The quantitative estimate of drug-likeness (QED) is 0.289. The molecule has 30 heavy (non-hydrogen) atoms. The van der Waals surface area contributed by atoms with E-state index in [1.54, 1.807) is 36.4 Å². The van der Waals surface area contributed by atoms with E-state index in [1.807, 2.05) is 36.4 Å². The van der Waals surface area contributed by atoms with Gasteiger partial charge in [-0.05, 0) is 34.2 Å². The summed E-state index contributed by atoms with van der Waals surface area (Å²) in [5.41, 5.74) is 3.50. The highest BCUT2D eigenvalue weighted by Crippen LogP contribution is 2.36. The van der Waals surface area contributed by atoms with Crippen molar-refractivity contribution in [3.05, 3.63) is 94.3 Å². The number of hydrogen-bond donors (Lipinski definition) is 0. The first-order valence-corrected chi connectivity index (χ1v) is 10.2. The second-order valence-corrected chi connectivity index (χ2v) is 7.50. The van der Waals surface area contributed by atoms with Gasteiger partial charge >= 0.3 is 0 Å². The van der Waals surface area contributed by atoms with Crippen LogP contribution in [-0.2, 0) is 11.2 Å². The minimum atomic E-state index is -2.91. The van der Waals surface area contributed by atoms with Crippen molar-refractivity contribution in [3.8, 4) is 11.1 Å². The van der Waals surface area contributed by atoms with Crippen LogP contribution in [0.4, 0.5) is 13.2 Å².